The lowest BCUT2D eigenvalue weighted by Gasteiger charge is -2.15. The minimum Gasteiger partial charge on any atom is -0.329 e. The van der Waals surface area contributed by atoms with Crippen LogP contribution >= 0.6 is 12.2 Å². The summed E-state index contributed by atoms with van der Waals surface area (Å²) in [6.07, 6.45) is 5.45. The molecule has 1 aromatic heterocycles. The summed E-state index contributed by atoms with van der Waals surface area (Å²) in [4.78, 5) is 3.21. The van der Waals surface area contributed by atoms with E-state index in [9.17, 15) is 0 Å². The van der Waals surface area contributed by atoms with Crippen molar-refractivity contribution in [2.45, 2.75) is 32.2 Å². The summed E-state index contributed by atoms with van der Waals surface area (Å²) < 4.78 is 2.96. The van der Waals surface area contributed by atoms with Crippen LogP contribution in [-0.4, -0.2) is 9.55 Å². The van der Waals surface area contributed by atoms with Crippen LogP contribution in [0.5, 0.6) is 0 Å². The highest BCUT2D eigenvalue weighted by Crippen LogP contribution is 2.62. The highest BCUT2D eigenvalue weighted by atomic mass is 32.1. The molecule has 0 unspecified atom stereocenters. The molecule has 0 aliphatic heterocycles. The van der Waals surface area contributed by atoms with Gasteiger partial charge in [0.2, 0.25) is 0 Å². The van der Waals surface area contributed by atoms with Gasteiger partial charge in [-0.15, -0.1) is 0 Å². The molecule has 2 aliphatic rings. The largest absolute Gasteiger partial charge is 0.329 e. The minimum atomic E-state index is 0.510. The van der Waals surface area contributed by atoms with E-state index in [4.69, 9.17) is 17.5 Å². The Morgan fingerprint density at radius 1 is 1.42 bits per heavy atom. The first-order valence-electron chi connectivity index (χ1n) is 6.85. The van der Waals surface area contributed by atoms with E-state index in [-0.39, 0.29) is 0 Å². The smallest absolute Gasteiger partial charge is 0.178 e. The molecule has 1 heterocycles. The molecule has 0 saturated heterocycles. The van der Waals surface area contributed by atoms with Crippen LogP contribution in [0.3, 0.4) is 0 Å². The summed E-state index contributed by atoms with van der Waals surface area (Å²) in [6, 6.07) is 8.07. The van der Waals surface area contributed by atoms with E-state index < -0.39 is 0 Å². The summed E-state index contributed by atoms with van der Waals surface area (Å²) in [6.45, 7) is 1.02. The van der Waals surface area contributed by atoms with Gasteiger partial charge in [0.15, 0.2) is 4.77 Å². The Balaban J connectivity index is 1.84. The van der Waals surface area contributed by atoms with Crippen molar-refractivity contribution < 1.29 is 0 Å². The molecule has 0 bridgehead atoms. The molecule has 3 nitrogen and oxygen atoms in total. The number of nitrogens with one attached hydrogen (secondary N) is 1. The number of aromatic nitrogens is 2. The fourth-order valence-corrected chi connectivity index (χ4v) is 3.56. The van der Waals surface area contributed by atoms with Gasteiger partial charge in [0.1, 0.15) is 6.07 Å². The highest BCUT2D eigenvalue weighted by Gasteiger charge is 2.53. The predicted molar refractivity (Wildman–Crippen MR) is 76.2 cm³/mol. The number of benzene rings is 1. The molecule has 0 radical (unpaired) electrons. The number of fused-ring (bicyclic) bond motifs is 1. The molecule has 96 valence electrons. The SMILES string of the molecule is N#Cc1cccc2c1[nH]c(=S)n2CC1(C2CC2)CC1. The van der Waals surface area contributed by atoms with Gasteiger partial charge in [-0.2, -0.15) is 5.26 Å². The van der Waals surface area contributed by atoms with Crippen LogP contribution in [-0.2, 0) is 6.54 Å². The topological polar surface area (TPSA) is 44.5 Å². The van der Waals surface area contributed by atoms with E-state index >= 15 is 0 Å². The molecule has 19 heavy (non-hydrogen) atoms. The Labute approximate surface area is 116 Å². The van der Waals surface area contributed by atoms with Gasteiger partial charge in [-0.25, -0.2) is 0 Å². The standard InChI is InChI=1S/C15H15N3S/c16-8-10-2-1-3-12-13(10)17-14(19)18(12)9-15(6-7-15)11-4-5-11/h1-3,11H,4-7,9H2,(H,17,19). The third-order valence-electron chi connectivity index (χ3n) is 4.74. The van der Waals surface area contributed by atoms with Crippen molar-refractivity contribution >= 4 is 23.3 Å². The lowest BCUT2D eigenvalue weighted by Crippen LogP contribution is -2.13. The first-order chi connectivity index (χ1) is 9.23. The summed E-state index contributed by atoms with van der Waals surface area (Å²) in [7, 11) is 0. The molecule has 2 saturated carbocycles. The van der Waals surface area contributed by atoms with Crippen molar-refractivity contribution in [3.8, 4) is 6.07 Å². The summed E-state index contributed by atoms with van der Waals surface area (Å²) in [5.41, 5.74) is 3.16. The van der Waals surface area contributed by atoms with Gasteiger partial charge in [-0.05, 0) is 61.4 Å². The minimum absolute atomic E-state index is 0.510. The highest BCUT2D eigenvalue weighted by molar-refractivity contribution is 7.71. The zero-order chi connectivity index (χ0) is 13.0. The Morgan fingerprint density at radius 3 is 2.84 bits per heavy atom. The van der Waals surface area contributed by atoms with Crippen molar-refractivity contribution in [1.29, 1.82) is 5.26 Å². The summed E-state index contributed by atoms with van der Waals surface area (Å²) >= 11 is 5.46. The van der Waals surface area contributed by atoms with Crippen LogP contribution in [0, 0.1) is 27.4 Å². The number of H-pyrrole nitrogens is 1. The number of rotatable bonds is 3. The average molecular weight is 269 g/mol. The van der Waals surface area contributed by atoms with Crippen molar-refractivity contribution in [1.82, 2.24) is 9.55 Å². The molecule has 0 atom stereocenters. The van der Waals surface area contributed by atoms with Crippen LogP contribution in [0.15, 0.2) is 18.2 Å². The van der Waals surface area contributed by atoms with Gasteiger partial charge >= 0.3 is 0 Å². The fourth-order valence-electron chi connectivity index (χ4n) is 3.30. The van der Waals surface area contributed by atoms with Gasteiger partial charge in [-0.3, -0.25) is 0 Å². The van der Waals surface area contributed by atoms with Crippen LogP contribution in [0.1, 0.15) is 31.2 Å². The molecule has 0 spiro atoms. The second kappa shape index (κ2) is 3.71. The van der Waals surface area contributed by atoms with Crippen molar-refractivity contribution in [3.63, 3.8) is 0 Å². The summed E-state index contributed by atoms with van der Waals surface area (Å²) in [5.74, 6) is 0.915. The van der Waals surface area contributed by atoms with Crippen LogP contribution in [0.4, 0.5) is 0 Å². The van der Waals surface area contributed by atoms with Gasteiger partial charge in [-0.1, -0.05) is 6.07 Å². The molecule has 2 aliphatic carbocycles. The number of nitriles is 1. The number of para-hydroxylation sites is 1. The zero-order valence-corrected chi connectivity index (χ0v) is 11.5. The summed E-state index contributed by atoms with van der Waals surface area (Å²) in [5, 5.41) is 9.17. The monoisotopic (exact) mass is 269 g/mol. The molecule has 1 N–H and O–H groups in total. The van der Waals surface area contributed by atoms with Gasteiger partial charge in [0.05, 0.1) is 16.6 Å². The maximum Gasteiger partial charge on any atom is 0.178 e. The Hall–Kier alpha value is -1.60. The Morgan fingerprint density at radius 2 is 2.21 bits per heavy atom. The van der Waals surface area contributed by atoms with E-state index in [2.05, 4.69) is 21.7 Å². The van der Waals surface area contributed by atoms with E-state index in [0.29, 0.717) is 11.0 Å². The zero-order valence-electron chi connectivity index (χ0n) is 10.6. The maximum atomic E-state index is 9.17. The van der Waals surface area contributed by atoms with E-state index in [1.54, 1.807) is 0 Å². The normalized spacial score (nSPS) is 20.4. The lowest BCUT2D eigenvalue weighted by atomic mass is 10.0. The molecule has 0 amide bonds. The van der Waals surface area contributed by atoms with Crippen molar-refractivity contribution in [3.05, 3.63) is 28.5 Å². The Bertz CT molecular complexity index is 754. The molecule has 2 aromatic rings. The fraction of sp³-hybridized carbons (Fsp3) is 0.467. The lowest BCUT2D eigenvalue weighted by molar-refractivity contribution is 0.373. The van der Waals surface area contributed by atoms with Gasteiger partial charge in [0, 0.05) is 6.54 Å². The van der Waals surface area contributed by atoms with Crippen molar-refractivity contribution in [2.24, 2.45) is 11.3 Å². The number of nitrogens with zero attached hydrogens (tertiary/aromatic N) is 2. The second-order valence-corrected chi connectivity index (χ2v) is 6.35. The van der Waals surface area contributed by atoms with Gasteiger partial charge in [0.25, 0.3) is 0 Å². The third-order valence-corrected chi connectivity index (χ3v) is 5.06. The van der Waals surface area contributed by atoms with Crippen molar-refractivity contribution in [2.75, 3.05) is 0 Å². The molecular formula is C15H15N3S. The molecule has 1 aromatic carbocycles. The second-order valence-electron chi connectivity index (χ2n) is 5.96. The quantitative estimate of drug-likeness (QED) is 0.862. The van der Waals surface area contributed by atoms with E-state index in [0.717, 1.165) is 28.3 Å². The van der Waals surface area contributed by atoms with E-state index in [1.807, 2.05) is 12.1 Å². The third kappa shape index (κ3) is 1.65. The first-order valence-corrected chi connectivity index (χ1v) is 7.26. The van der Waals surface area contributed by atoms with Crippen LogP contribution in [0.2, 0.25) is 0 Å². The number of hydrogen-bond donors (Lipinski definition) is 1. The number of hydrogen-bond acceptors (Lipinski definition) is 2. The molecule has 4 rings (SSSR count). The van der Waals surface area contributed by atoms with Gasteiger partial charge < -0.3 is 9.55 Å². The molecule has 2 fully saturated rings. The molecular weight excluding hydrogens is 254 g/mol. The maximum absolute atomic E-state index is 9.17. The number of imidazole rings is 1. The Kier molecular flexibility index (Phi) is 2.19. The average Bonchev–Trinajstić information content (AvgIpc) is 3.29. The van der Waals surface area contributed by atoms with Crippen LogP contribution < -0.4 is 0 Å². The molecule has 4 heteroatoms. The predicted octanol–water partition coefficient (Wildman–Crippen LogP) is 3.76. The number of aromatic amines is 1. The van der Waals surface area contributed by atoms with E-state index in [1.165, 1.54) is 25.7 Å². The van der Waals surface area contributed by atoms with Crippen LogP contribution in [0.25, 0.3) is 11.0 Å². The first kappa shape index (κ1) is 11.2.